The van der Waals surface area contributed by atoms with Crippen LogP contribution < -0.4 is 0 Å². The Labute approximate surface area is 139 Å². The van der Waals surface area contributed by atoms with Crippen molar-refractivity contribution in [2.75, 3.05) is 7.05 Å². The molecule has 4 rings (SSSR count). The number of amides is 1. The van der Waals surface area contributed by atoms with Gasteiger partial charge in [-0.05, 0) is 37.6 Å². The van der Waals surface area contributed by atoms with E-state index in [1.165, 1.54) is 9.75 Å². The molecule has 1 fully saturated rings. The van der Waals surface area contributed by atoms with Crippen molar-refractivity contribution in [1.29, 1.82) is 0 Å². The van der Waals surface area contributed by atoms with Crippen LogP contribution in [0.4, 0.5) is 0 Å². The summed E-state index contributed by atoms with van der Waals surface area (Å²) in [6.45, 7) is 2.64. The number of aromatic amines is 1. The molecule has 2 aromatic heterocycles. The molecule has 1 aliphatic rings. The molecule has 0 spiro atoms. The Morgan fingerprint density at radius 2 is 2.17 bits per heavy atom. The van der Waals surface area contributed by atoms with Gasteiger partial charge in [-0.2, -0.15) is 0 Å². The minimum absolute atomic E-state index is 0.141. The van der Waals surface area contributed by atoms with Gasteiger partial charge in [-0.1, -0.05) is 12.1 Å². The topological polar surface area (TPSA) is 49.0 Å². The smallest absolute Gasteiger partial charge is 0.226 e. The number of aromatic nitrogens is 2. The van der Waals surface area contributed by atoms with E-state index >= 15 is 0 Å². The number of H-pyrrole nitrogens is 1. The summed E-state index contributed by atoms with van der Waals surface area (Å²) in [5.41, 5.74) is 1.96. The van der Waals surface area contributed by atoms with Gasteiger partial charge in [-0.15, -0.1) is 11.3 Å². The maximum atomic E-state index is 12.6. The molecule has 2 atom stereocenters. The second kappa shape index (κ2) is 5.49. The Balaban J connectivity index is 1.43. The number of nitrogens with one attached hydrogen (secondary N) is 1. The molecule has 0 aliphatic heterocycles. The minimum atomic E-state index is 0.141. The highest BCUT2D eigenvalue weighted by molar-refractivity contribution is 7.12. The molecule has 4 nitrogen and oxygen atoms in total. The first-order valence-corrected chi connectivity index (χ1v) is 8.68. The van der Waals surface area contributed by atoms with E-state index in [1.807, 2.05) is 42.6 Å². The van der Waals surface area contributed by atoms with Crippen LogP contribution >= 0.6 is 11.3 Å². The SMILES string of the molecule is Cc1ccc(C2CC2C(=O)N(C)Cc2nc3ccccc3[nH]2)s1. The Morgan fingerprint density at radius 3 is 2.91 bits per heavy atom. The van der Waals surface area contributed by atoms with Gasteiger partial charge in [0.2, 0.25) is 5.91 Å². The maximum Gasteiger partial charge on any atom is 0.226 e. The number of hydrogen-bond donors (Lipinski definition) is 1. The van der Waals surface area contributed by atoms with Gasteiger partial charge in [0.05, 0.1) is 17.6 Å². The lowest BCUT2D eigenvalue weighted by Crippen LogP contribution is -2.28. The standard InChI is InChI=1S/C18H19N3OS/c1-11-7-8-16(23-11)12-9-13(12)18(22)21(2)10-17-19-14-5-3-4-6-15(14)20-17/h3-8,12-13H,9-10H2,1-2H3,(H,19,20). The molecule has 1 N–H and O–H groups in total. The fourth-order valence-electron chi connectivity index (χ4n) is 3.10. The molecule has 0 radical (unpaired) electrons. The molecular weight excluding hydrogens is 306 g/mol. The highest BCUT2D eigenvalue weighted by atomic mass is 32.1. The van der Waals surface area contributed by atoms with Crippen molar-refractivity contribution < 1.29 is 4.79 Å². The van der Waals surface area contributed by atoms with Crippen molar-refractivity contribution in [3.8, 4) is 0 Å². The number of imidazole rings is 1. The van der Waals surface area contributed by atoms with Crippen molar-refractivity contribution >= 4 is 28.3 Å². The van der Waals surface area contributed by atoms with Gasteiger partial charge in [0, 0.05) is 28.6 Å². The minimum Gasteiger partial charge on any atom is -0.340 e. The first kappa shape index (κ1) is 14.5. The third-order valence-corrected chi connectivity index (χ3v) is 5.57. The molecule has 2 heterocycles. The van der Waals surface area contributed by atoms with E-state index in [9.17, 15) is 4.79 Å². The van der Waals surface area contributed by atoms with Gasteiger partial charge < -0.3 is 9.88 Å². The molecule has 23 heavy (non-hydrogen) atoms. The molecule has 1 saturated carbocycles. The molecule has 118 valence electrons. The summed E-state index contributed by atoms with van der Waals surface area (Å²) in [5.74, 6) is 1.62. The van der Waals surface area contributed by atoms with E-state index in [0.717, 1.165) is 23.3 Å². The number of para-hydroxylation sites is 2. The molecule has 0 saturated heterocycles. The Kier molecular flexibility index (Phi) is 3.45. The average Bonchev–Trinajstić information content (AvgIpc) is 3.04. The maximum absolute atomic E-state index is 12.6. The summed E-state index contributed by atoms with van der Waals surface area (Å²) < 4.78 is 0. The Hall–Kier alpha value is -2.14. The number of fused-ring (bicyclic) bond motifs is 1. The Bertz CT molecular complexity index is 833. The number of rotatable bonds is 4. The van der Waals surface area contributed by atoms with Gasteiger partial charge in [0.15, 0.2) is 0 Å². The molecule has 1 aromatic carbocycles. The fourth-order valence-corrected chi connectivity index (χ4v) is 4.16. The average molecular weight is 325 g/mol. The predicted octanol–water partition coefficient (Wildman–Crippen LogP) is 3.69. The van der Waals surface area contributed by atoms with Gasteiger partial charge in [0.1, 0.15) is 5.82 Å². The van der Waals surface area contributed by atoms with Crippen LogP contribution in [0, 0.1) is 12.8 Å². The van der Waals surface area contributed by atoms with Crippen LogP contribution in [0.5, 0.6) is 0 Å². The molecule has 5 heteroatoms. The number of benzene rings is 1. The van der Waals surface area contributed by atoms with Crippen LogP contribution in [-0.2, 0) is 11.3 Å². The summed E-state index contributed by atoms with van der Waals surface area (Å²) in [6.07, 6.45) is 0.975. The zero-order chi connectivity index (χ0) is 16.0. The Morgan fingerprint density at radius 1 is 1.35 bits per heavy atom. The number of carbonyl (C=O) groups excluding carboxylic acids is 1. The van der Waals surface area contributed by atoms with E-state index in [0.29, 0.717) is 12.5 Å². The predicted molar refractivity (Wildman–Crippen MR) is 92.5 cm³/mol. The van der Waals surface area contributed by atoms with Crippen LogP contribution in [-0.4, -0.2) is 27.8 Å². The van der Waals surface area contributed by atoms with Crippen LogP contribution in [0.3, 0.4) is 0 Å². The zero-order valence-corrected chi connectivity index (χ0v) is 14.1. The number of aryl methyl sites for hydroxylation is 1. The van der Waals surface area contributed by atoms with Gasteiger partial charge in [0.25, 0.3) is 0 Å². The van der Waals surface area contributed by atoms with Crippen LogP contribution in [0.2, 0.25) is 0 Å². The molecular formula is C18H19N3OS. The second-order valence-corrected chi connectivity index (χ2v) is 7.61. The van der Waals surface area contributed by atoms with Gasteiger partial charge in [-0.3, -0.25) is 4.79 Å². The van der Waals surface area contributed by atoms with Crippen molar-refractivity contribution in [2.45, 2.75) is 25.8 Å². The van der Waals surface area contributed by atoms with Crippen molar-refractivity contribution in [3.05, 3.63) is 52.0 Å². The summed E-state index contributed by atoms with van der Waals surface area (Å²) >= 11 is 1.81. The number of nitrogens with zero attached hydrogens (tertiary/aromatic N) is 2. The third kappa shape index (κ3) is 2.77. The normalized spacial score (nSPS) is 19.9. The number of thiophene rings is 1. The van der Waals surface area contributed by atoms with Crippen molar-refractivity contribution in [3.63, 3.8) is 0 Å². The largest absolute Gasteiger partial charge is 0.340 e. The van der Waals surface area contributed by atoms with E-state index in [1.54, 1.807) is 4.90 Å². The summed E-state index contributed by atoms with van der Waals surface area (Å²) in [4.78, 5) is 24.9. The second-order valence-electron chi connectivity index (χ2n) is 6.29. The van der Waals surface area contributed by atoms with E-state index in [2.05, 4.69) is 29.0 Å². The lowest BCUT2D eigenvalue weighted by atomic mass is 10.2. The number of hydrogen-bond acceptors (Lipinski definition) is 3. The van der Waals surface area contributed by atoms with Crippen molar-refractivity contribution in [2.24, 2.45) is 5.92 Å². The van der Waals surface area contributed by atoms with Crippen LogP contribution in [0.1, 0.15) is 27.9 Å². The first-order valence-electron chi connectivity index (χ1n) is 7.87. The lowest BCUT2D eigenvalue weighted by Gasteiger charge is -2.15. The van der Waals surface area contributed by atoms with Crippen molar-refractivity contribution in [1.82, 2.24) is 14.9 Å². The van der Waals surface area contributed by atoms with Crippen LogP contribution in [0.25, 0.3) is 11.0 Å². The fraction of sp³-hybridized carbons (Fsp3) is 0.333. The lowest BCUT2D eigenvalue weighted by molar-refractivity contribution is -0.132. The van der Waals surface area contributed by atoms with Gasteiger partial charge >= 0.3 is 0 Å². The first-order chi connectivity index (χ1) is 11.1. The van der Waals surface area contributed by atoms with E-state index < -0.39 is 0 Å². The summed E-state index contributed by atoms with van der Waals surface area (Å²) in [5, 5.41) is 0. The molecule has 1 aliphatic carbocycles. The molecule has 2 unspecified atom stereocenters. The van der Waals surface area contributed by atoms with Gasteiger partial charge in [-0.25, -0.2) is 4.98 Å². The number of carbonyl (C=O) groups is 1. The quantitative estimate of drug-likeness (QED) is 0.795. The van der Waals surface area contributed by atoms with Crippen LogP contribution in [0.15, 0.2) is 36.4 Å². The summed E-state index contributed by atoms with van der Waals surface area (Å²) in [6, 6.07) is 12.2. The highest BCUT2D eigenvalue weighted by Crippen LogP contribution is 2.50. The molecule has 0 bridgehead atoms. The molecule has 1 amide bonds. The monoisotopic (exact) mass is 325 g/mol. The summed E-state index contributed by atoms with van der Waals surface area (Å²) in [7, 11) is 1.87. The highest BCUT2D eigenvalue weighted by Gasteiger charge is 2.45. The molecule has 3 aromatic rings. The van der Waals surface area contributed by atoms with E-state index in [-0.39, 0.29) is 11.8 Å². The van der Waals surface area contributed by atoms with E-state index in [4.69, 9.17) is 0 Å². The third-order valence-electron chi connectivity index (χ3n) is 4.44. The zero-order valence-electron chi connectivity index (χ0n) is 13.2.